The maximum absolute atomic E-state index is 12.0. The molecule has 21 heavy (non-hydrogen) atoms. The van der Waals surface area contributed by atoms with Crippen molar-refractivity contribution in [2.45, 2.75) is 39.9 Å². The lowest BCUT2D eigenvalue weighted by Crippen LogP contribution is -2.35. The molecule has 0 aliphatic rings. The minimum Gasteiger partial charge on any atom is -0.547 e. The van der Waals surface area contributed by atoms with Gasteiger partial charge < -0.3 is 9.16 Å². The summed E-state index contributed by atoms with van der Waals surface area (Å²) in [5.41, 5.74) is 0.416. The average Bonchev–Trinajstić information content (AvgIpc) is 2.42. The van der Waals surface area contributed by atoms with E-state index in [1.807, 2.05) is 38.1 Å². The van der Waals surface area contributed by atoms with E-state index in [0.717, 1.165) is 6.42 Å². The zero-order valence-corrected chi connectivity index (χ0v) is 14.9. The van der Waals surface area contributed by atoms with Gasteiger partial charge in [0.15, 0.2) is 0 Å². The molecule has 1 rings (SSSR count). The fraction of sp³-hybridized carbons (Fsp3) is 0.471. The van der Waals surface area contributed by atoms with Crippen LogP contribution in [0.3, 0.4) is 0 Å². The molecule has 0 saturated carbocycles. The second kappa shape index (κ2) is 6.94. The van der Waals surface area contributed by atoms with Gasteiger partial charge in [-0.1, -0.05) is 30.3 Å². The Hall–Kier alpha value is -1.55. The van der Waals surface area contributed by atoms with Crippen molar-refractivity contribution < 1.29 is 14.0 Å². The van der Waals surface area contributed by atoms with Crippen molar-refractivity contribution in [3.63, 3.8) is 0 Å². The van der Waals surface area contributed by atoms with Crippen molar-refractivity contribution in [3.05, 3.63) is 47.7 Å². The molecular weight excluding hydrogens is 280 g/mol. The Morgan fingerprint density at radius 1 is 1.19 bits per heavy atom. The van der Waals surface area contributed by atoms with Gasteiger partial charge in [0, 0.05) is 0 Å². The summed E-state index contributed by atoms with van der Waals surface area (Å²) in [4.78, 5) is 12.0. The number of hydrogen-bond acceptors (Lipinski definition) is 3. The molecule has 0 amide bonds. The fourth-order valence-corrected chi connectivity index (χ4v) is 2.93. The van der Waals surface area contributed by atoms with Gasteiger partial charge >= 0.3 is 5.97 Å². The Labute approximate surface area is 129 Å². The van der Waals surface area contributed by atoms with E-state index in [1.54, 1.807) is 0 Å². The number of rotatable bonds is 6. The van der Waals surface area contributed by atoms with Crippen molar-refractivity contribution >= 4 is 14.3 Å². The lowest BCUT2D eigenvalue weighted by Gasteiger charge is -2.31. The van der Waals surface area contributed by atoms with Crippen LogP contribution in [0.5, 0.6) is 0 Å². The number of carbonyl (C=O) groups excluding carboxylic acids is 1. The highest BCUT2D eigenvalue weighted by Gasteiger charge is 2.36. The van der Waals surface area contributed by atoms with Gasteiger partial charge in [0.05, 0.1) is 12.9 Å². The van der Waals surface area contributed by atoms with Crippen LogP contribution < -0.4 is 0 Å². The second-order valence-corrected chi connectivity index (χ2v) is 11.0. The van der Waals surface area contributed by atoms with Crippen molar-refractivity contribution in [3.8, 4) is 0 Å². The van der Waals surface area contributed by atoms with Gasteiger partial charge in [-0.15, -0.1) is 0 Å². The SMILES string of the molecule is COC(=O)C(C)(C)/C(=C\Cc1ccccc1)O[Si](C)(C)C. The third-order valence-electron chi connectivity index (χ3n) is 3.09. The highest BCUT2D eigenvalue weighted by Crippen LogP contribution is 2.31. The summed E-state index contributed by atoms with van der Waals surface area (Å²) in [6.45, 7) is 10.0. The number of methoxy groups -OCH3 is 1. The van der Waals surface area contributed by atoms with Gasteiger partial charge in [-0.3, -0.25) is 4.79 Å². The maximum Gasteiger partial charge on any atom is 0.318 e. The Bertz CT molecular complexity index is 499. The van der Waals surface area contributed by atoms with Crippen LogP contribution in [-0.4, -0.2) is 21.4 Å². The van der Waals surface area contributed by atoms with Crippen LogP contribution in [0.1, 0.15) is 19.4 Å². The van der Waals surface area contributed by atoms with E-state index in [9.17, 15) is 4.79 Å². The number of ether oxygens (including phenoxy) is 1. The number of allylic oxidation sites excluding steroid dienone is 1. The smallest absolute Gasteiger partial charge is 0.318 e. The summed E-state index contributed by atoms with van der Waals surface area (Å²) < 4.78 is 11.1. The fourth-order valence-electron chi connectivity index (χ4n) is 1.93. The first kappa shape index (κ1) is 17.5. The van der Waals surface area contributed by atoms with Crippen LogP contribution in [0, 0.1) is 5.41 Å². The summed E-state index contributed by atoms with van der Waals surface area (Å²) in [6.07, 6.45) is 2.74. The Morgan fingerprint density at radius 2 is 1.76 bits per heavy atom. The molecule has 0 saturated heterocycles. The van der Waals surface area contributed by atoms with E-state index in [-0.39, 0.29) is 5.97 Å². The van der Waals surface area contributed by atoms with Crippen molar-refractivity contribution in [1.82, 2.24) is 0 Å². The molecule has 4 heteroatoms. The molecule has 0 radical (unpaired) electrons. The quantitative estimate of drug-likeness (QED) is 0.450. The molecule has 3 nitrogen and oxygen atoms in total. The number of carbonyl (C=O) groups is 1. The molecule has 1 aromatic rings. The normalized spacial score (nSPS) is 13.0. The second-order valence-electron chi connectivity index (χ2n) is 6.59. The molecule has 1 aromatic carbocycles. The predicted octanol–water partition coefficient (Wildman–Crippen LogP) is 4.16. The Morgan fingerprint density at radius 3 is 2.24 bits per heavy atom. The molecule has 0 spiro atoms. The molecule has 0 bridgehead atoms. The summed E-state index contributed by atoms with van der Waals surface area (Å²) in [5, 5.41) is 0. The van der Waals surface area contributed by atoms with E-state index in [1.165, 1.54) is 12.7 Å². The Balaban J connectivity index is 3.05. The van der Waals surface area contributed by atoms with Crippen LogP contribution in [0.4, 0.5) is 0 Å². The van der Waals surface area contributed by atoms with E-state index in [2.05, 4.69) is 31.8 Å². The summed E-state index contributed by atoms with van der Waals surface area (Å²) >= 11 is 0. The van der Waals surface area contributed by atoms with Crippen LogP contribution in [-0.2, 0) is 20.4 Å². The van der Waals surface area contributed by atoms with Crippen LogP contribution in [0.15, 0.2) is 42.2 Å². The third kappa shape index (κ3) is 5.38. The lowest BCUT2D eigenvalue weighted by atomic mass is 9.90. The molecule has 0 unspecified atom stereocenters. The number of benzene rings is 1. The zero-order valence-electron chi connectivity index (χ0n) is 13.9. The monoisotopic (exact) mass is 306 g/mol. The standard InChI is InChI=1S/C17H26O3Si/c1-17(2,16(18)19-3)15(20-21(4,5)6)13-12-14-10-8-7-9-11-14/h7-11,13H,12H2,1-6H3/b15-13+. The number of hydrogen-bond donors (Lipinski definition) is 0. The highest BCUT2D eigenvalue weighted by molar-refractivity contribution is 6.70. The van der Waals surface area contributed by atoms with Crippen LogP contribution in [0.2, 0.25) is 19.6 Å². The largest absolute Gasteiger partial charge is 0.547 e. The zero-order chi connectivity index (χ0) is 16.1. The lowest BCUT2D eigenvalue weighted by molar-refractivity contribution is -0.149. The van der Waals surface area contributed by atoms with Crippen LogP contribution >= 0.6 is 0 Å². The first-order valence-corrected chi connectivity index (χ1v) is 10.6. The van der Waals surface area contributed by atoms with Crippen molar-refractivity contribution in [2.24, 2.45) is 5.41 Å². The molecule has 0 aliphatic heterocycles. The van der Waals surface area contributed by atoms with Gasteiger partial charge in [-0.2, -0.15) is 0 Å². The predicted molar refractivity (Wildman–Crippen MR) is 88.5 cm³/mol. The van der Waals surface area contributed by atoms with Gasteiger partial charge in [-0.25, -0.2) is 0 Å². The summed E-state index contributed by atoms with van der Waals surface area (Å²) in [6, 6.07) is 10.1. The van der Waals surface area contributed by atoms with E-state index in [4.69, 9.17) is 9.16 Å². The van der Waals surface area contributed by atoms with E-state index >= 15 is 0 Å². The van der Waals surface area contributed by atoms with Crippen molar-refractivity contribution in [1.29, 1.82) is 0 Å². The minimum absolute atomic E-state index is 0.278. The van der Waals surface area contributed by atoms with E-state index < -0.39 is 13.7 Å². The molecule has 0 fully saturated rings. The van der Waals surface area contributed by atoms with Crippen molar-refractivity contribution in [2.75, 3.05) is 7.11 Å². The molecular formula is C17H26O3Si. The summed E-state index contributed by atoms with van der Waals surface area (Å²) in [5.74, 6) is 0.428. The topological polar surface area (TPSA) is 35.5 Å². The highest BCUT2D eigenvalue weighted by atomic mass is 28.4. The van der Waals surface area contributed by atoms with Crippen LogP contribution in [0.25, 0.3) is 0 Å². The van der Waals surface area contributed by atoms with Gasteiger partial charge in [-0.05, 0) is 51.5 Å². The first-order chi connectivity index (χ1) is 9.66. The first-order valence-electron chi connectivity index (χ1n) is 7.19. The molecule has 0 atom stereocenters. The maximum atomic E-state index is 12.0. The summed E-state index contributed by atoms with van der Waals surface area (Å²) in [7, 11) is -0.393. The molecule has 0 aromatic heterocycles. The van der Waals surface area contributed by atoms with Gasteiger partial charge in [0.2, 0.25) is 8.32 Å². The molecule has 0 N–H and O–H groups in total. The van der Waals surface area contributed by atoms with Gasteiger partial charge in [0.1, 0.15) is 5.41 Å². The average molecular weight is 306 g/mol. The Kier molecular flexibility index (Phi) is 5.78. The van der Waals surface area contributed by atoms with E-state index in [0.29, 0.717) is 5.76 Å². The third-order valence-corrected chi connectivity index (χ3v) is 3.93. The molecule has 0 heterocycles. The molecule has 116 valence electrons. The number of esters is 1. The van der Waals surface area contributed by atoms with Gasteiger partial charge in [0.25, 0.3) is 0 Å². The molecule has 0 aliphatic carbocycles. The minimum atomic E-state index is -1.80.